The first-order valence-electron chi connectivity index (χ1n) is 7.51. The second-order valence-electron chi connectivity index (χ2n) is 5.62. The Balaban J connectivity index is 2.31. The van der Waals surface area contributed by atoms with Crippen molar-refractivity contribution in [3.05, 3.63) is 49.7 Å². The molecule has 2 aromatic rings. The minimum atomic E-state index is -2.90. The van der Waals surface area contributed by atoms with Crippen LogP contribution in [0.3, 0.4) is 0 Å². The van der Waals surface area contributed by atoms with E-state index in [2.05, 4.69) is 10.2 Å². The first kappa shape index (κ1) is 20.9. The van der Waals surface area contributed by atoms with Gasteiger partial charge in [-0.25, -0.2) is 13.8 Å². The maximum absolute atomic E-state index is 13.1. The Hall–Kier alpha value is -1.41. The topological polar surface area (TPSA) is 58.2 Å². The van der Waals surface area contributed by atoms with Gasteiger partial charge in [0.1, 0.15) is 5.69 Å². The van der Waals surface area contributed by atoms with Gasteiger partial charge in [0.2, 0.25) is 0 Å². The summed E-state index contributed by atoms with van der Waals surface area (Å²) in [5.41, 5.74) is -0.0495. The summed E-state index contributed by atoms with van der Waals surface area (Å²) in [6.07, 6.45) is -2.66. The Kier molecular flexibility index (Phi) is 6.85. The number of carbonyl (C=O) groups excluding carboxylic acids is 1. The molecular formula is C16H16Cl3F2N3O2. The molecule has 1 aromatic heterocycles. The van der Waals surface area contributed by atoms with Crippen LogP contribution in [-0.2, 0) is 11.3 Å². The Bertz CT molecular complexity index is 791. The van der Waals surface area contributed by atoms with Crippen molar-refractivity contribution in [2.45, 2.75) is 32.7 Å². The molecular weight excluding hydrogens is 411 g/mol. The SMILES string of the molecule is CON(C(=O)c1c(C(F)F)n[nH]c1C)C(C)Cc1c(Cl)cc(Cl)cc1Cl. The van der Waals surface area contributed by atoms with Crippen molar-refractivity contribution >= 4 is 40.7 Å². The van der Waals surface area contributed by atoms with Crippen LogP contribution in [0.5, 0.6) is 0 Å². The molecule has 0 radical (unpaired) electrons. The molecule has 10 heteroatoms. The van der Waals surface area contributed by atoms with E-state index in [1.807, 2.05) is 0 Å². The van der Waals surface area contributed by atoms with E-state index < -0.39 is 24.1 Å². The number of carbonyl (C=O) groups is 1. The normalized spacial score (nSPS) is 12.5. The fraction of sp³-hybridized carbons (Fsp3) is 0.375. The average molecular weight is 427 g/mol. The molecule has 1 atom stereocenters. The number of alkyl halides is 2. The third kappa shape index (κ3) is 4.28. The molecule has 0 spiro atoms. The zero-order chi connectivity index (χ0) is 19.6. The quantitative estimate of drug-likeness (QED) is 0.642. The second-order valence-corrected chi connectivity index (χ2v) is 6.88. The predicted molar refractivity (Wildman–Crippen MR) is 96.1 cm³/mol. The van der Waals surface area contributed by atoms with Crippen molar-refractivity contribution in [2.75, 3.05) is 7.11 Å². The molecule has 1 amide bonds. The molecule has 0 saturated carbocycles. The molecule has 0 aliphatic heterocycles. The van der Waals surface area contributed by atoms with Crippen LogP contribution in [0.15, 0.2) is 12.1 Å². The van der Waals surface area contributed by atoms with Crippen LogP contribution < -0.4 is 0 Å². The van der Waals surface area contributed by atoms with Crippen molar-refractivity contribution < 1.29 is 18.4 Å². The van der Waals surface area contributed by atoms with Gasteiger partial charge in [0.05, 0.1) is 18.7 Å². The molecule has 1 aromatic carbocycles. The minimum absolute atomic E-state index is 0.220. The van der Waals surface area contributed by atoms with Crippen molar-refractivity contribution in [3.8, 4) is 0 Å². The summed E-state index contributed by atoms with van der Waals surface area (Å²) in [5.74, 6) is -0.734. The van der Waals surface area contributed by atoms with Crippen LogP contribution in [0.4, 0.5) is 8.78 Å². The van der Waals surface area contributed by atoms with Gasteiger partial charge in [0, 0.05) is 20.8 Å². The molecule has 1 heterocycles. The number of benzene rings is 1. The number of hydroxylamine groups is 2. The van der Waals surface area contributed by atoms with Crippen LogP contribution in [0.25, 0.3) is 0 Å². The van der Waals surface area contributed by atoms with E-state index in [4.69, 9.17) is 39.6 Å². The summed E-state index contributed by atoms with van der Waals surface area (Å²) < 4.78 is 26.2. The number of nitrogens with one attached hydrogen (secondary N) is 1. The maximum Gasteiger partial charge on any atom is 0.282 e. The van der Waals surface area contributed by atoms with E-state index in [0.717, 1.165) is 5.06 Å². The van der Waals surface area contributed by atoms with Crippen LogP contribution in [0.1, 0.15) is 40.7 Å². The Morgan fingerprint density at radius 3 is 2.38 bits per heavy atom. The van der Waals surface area contributed by atoms with Gasteiger partial charge < -0.3 is 0 Å². The first-order valence-corrected chi connectivity index (χ1v) is 8.64. The van der Waals surface area contributed by atoms with Gasteiger partial charge in [0.15, 0.2) is 0 Å². The van der Waals surface area contributed by atoms with Crippen molar-refractivity contribution in [1.29, 1.82) is 0 Å². The molecule has 0 fully saturated rings. The summed E-state index contributed by atoms with van der Waals surface area (Å²) in [4.78, 5) is 17.9. The summed E-state index contributed by atoms with van der Waals surface area (Å²) in [6.45, 7) is 3.16. The van der Waals surface area contributed by atoms with E-state index in [1.165, 1.54) is 26.2 Å². The van der Waals surface area contributed by atoms with Gasteiger partial charge in [-0.05, 0) is 38.0 Å². The fourth-order valence-electron chi connectivity index (χ4n) is 2.59. The second kappa shape index (κ2) is 8.52. The van der Waals surface area contributed by atoms with Crippen LogP contribution in [-0.4, -0.2) is 34.3 Å². The average Bonchev–Trinajstić information content (AvgIpc) is 2.93. The molecule has 0 bridgehead atoms. The summed E-state index contributed by atoms with van der Waals surface area (Å²) in [5, 5.41) is 7.95. The molecule has 0 saturated heterocycles. The number of aryl methyl sites for hydroxylation is 1. The third-order valence-electron chi connectivity index (χ3n) is 3.80. The van der Waals surface area contributed by atoms with E-state index in [9.17, 15) is 13.6 Å². The number of halogens is 5. The van der Waals surface area contributed by atoms with Gasteiger partial charge in [0.25, 0.3) is 12.3 Å². The monoisotopic (exact) mass is 425 g/mol. The smallest absolute Gasteiger partial charge is 0.282 e. The summed E-state index contributed by atoms with van der Waals surface area (Å²) in [6, 6.07) is 2.51. The standard InChI is InChI=1S/C16H16Cl3F2N3O2/c1-7(4-10-11(18)5-9(17)6-12(10)19)24(26-3)16(25)13-8(2)22-23-14(13)15(20)21/h5-7,15H,4H2,1-3H3,(H,22,23). The fourth-order valence-corrected chi connectivity index (χ4v) is 3.57. The highest BCUT2D eigenvalue weighted by atomic mass is 35.5. The predicted octanol–water partition coefficient (Wildman–Crippen LogP) is 5.25. The van der Waals surface area contributed by atoms with Crippen LogP contribution >= 0.6 is 34.8 Å². The van der Waals surface area contributed by atoms with Crippen molar-refractivity contribution in [2.24, 2.45) is 0 Å². The highest BCUT2D eigenvalue weighted by molar-refractivity contribution is 6.39. The van der Waals surface area contributed by atoms with Gasteiger partial charge in [-0.15, -0.1) is 0 Å². The number of nitrogens with zero attached hydrogens (tertiary/aromatic N) is 2. The number of hydrogen-bond donors (Lipinski definition) is 1. The number of amides is 1. The molecule has 0 aliphatic carbocycles. The molecule has 142 valence electrons. The first-order chi connectivity index (χ1) is 12.2. The molecule has 1 unspecified atom stereocenters. The number of hydrogen-bond acceptors (Lipinski definition) is 3. The molecule has 26 heavy (non-hydrogen) atoms. The Labute approximate surface area is 164 Å². The van der Waals surface area contributed by atoms with Gasteiger partial charge >= 0.3 is 0 Å². The van der Waals surface area contributed by atoms with E-state index in [0.29, 0.717) is 20.6 Å². The lowest BCUT2D eigenvalue weighted by Gasteiger charge is -2.27. The Morgan fingerprint density at radius 1 is 1.31 bits per heavy atom. The lowest BCUT2D eigenvalue weighted by Crippen LogP contribution is -2.39. The Morgan fingerprint density at radius 2 is 1.88 bits per heavy atom. The van der Waals surface area contributed by atoms with E-state index in [-0.39, 0.29) is 17.7 Å². The highest BCUT2D eigenvalue weighted by Crippen LogP contribution is 2.31. The maximum atomic E-state index is 13.1. The zero-order valence-electron chi connectivity index (χ0n) is 14.1. The number of H-pyrrole nitrogens is 1. The summed E-state index contributed by atoms with van der Waals surface area (Å²) in [7, 11) is 1.27. The van der Waals surface area contributed by atoms with Gasteiger partial charge in [-0.1, -0.05) is 34.8 Å². The zero-order valence-corrected chi connectivity index (χ0v) is 16.4. The van der Waals surface area contributed by atoms with E-state index in [1.54, 1.807) is 6.92 Å². The largest absolute Gasteiger partial charge is 0.282 e. The number of aromatic nitrogens is 2. The van der Waals surface area contributed by atoms with Crippen LogP contribution in [0.2, 0.25) is 15.1 Å². The highest BCUT2D eigenvalue weighted by Gasteiger charge is 2.31. The summed E-state index contributed by atoms with van der Waals surface area (Å²) >= 11 is 18.2. The third-order valence-corrected chi connectivity index (χ3v) is 4.69. The molecule has 2 rings (SSSR count). The molecule has 1 N–H and O–H groups in total. The molecule has 5 nitrogen and oxygen atoms in total. The number of aromatic amines is 1. The molecule has 0 aliphatic rings. The minimum Gasteiger partial charge on any atom is -0.282 e. The van der Waals surface area contributed by atoms with Gasteiger partial charge in [-0.3, -0.25) is 14.7 Å². The van der Waals surface area contributed by atoms with Gasteiger partial charge in [-0.2, -0.15) is 5.10 Å². The van der Waals surface area contributed by atoms with Crippen molar-refractivity contribution in [1.82, 2.24) is 15.3 Å². The van der Waals surface area contributed by atoms with Crippen molar-refractivity contribution in [3.63, 3.8) is 0 Å². The lowest BCUT2D eigenvalue weighted by atomic mass is 10.1. The van der Waals surface area contributed by atoms with E-state index >= 15 is 0 Å². The van der Waals surface area contributed by atoms with Crippen LogP contribution in [0, 0.1) is 6.92 Å². The number of rotatable bonds is 6. The lowest BCUT2D eigenvalue weighted by molar-refractivity contribution is -0.119.